The van der Waals surface area contributed by atoms with Crippen molar-refractivity contribution in [2.45, 2.75) is 76.8 Å². The van der Waals surface area contributed by atoms with Crippen molar-refractivity contribution in [2.75, 3.05) is 6.61 Å². The topological polar surface area (TPSA) is 72.8 Å². The van der Waals surface area contributed by atoms with Gasteiger partial charge in [0.25, 0.3) is 0 Å². The zero-order valence-electron chi connectivity index (χ0n) is 20.7. The van der Waals surface area contributed by atoms with E-state index >= 15 is 4.39 Å². The van der Waals surface area contributed by atoms with Gasteiger partial charge in [0.15, 0.2) is 11.6 Å². The second-order valence-corrected chi connectivity index (χ2v) is 9.36. The summed E-state index contributed by atoms with van der Waals surface area (Å²) in [6.07, 6.45) is 4.80. The first kappa shape index (κ1) is 27.6. The number of carboxylic acids is 1. The molecule has 3 rings (SSSR count). The fourth-order valence-electron chi connectivity index (χ4n) is 4.83. The standard InChI is InChI=1S/C28H33F3O5/c1-3-16-35-23-15-14-22(24(29)25(23)30)26(32)36-21-12-10-19(11-13-21)18(4-2)17-28(31,27(33)34)20-8-6-5-7-9-20/h10-15,18,20H,3-9,16-17H2,1-2H3,(H,33,34)/t18?,28-/m0/s1. The Kier molecular flexibility index (Phi) is 9.40. The molecule has 0 radical (unpaired) electrons. The molecule has 1 fully saturated rings. The van der Waals surface area contributed by atoms with Gasteiger partial charge < -0.3 is 14.6 Å². The Hall–Kier alpha value is -3.03. The van der Waals surface area contributed by atoms with Crippen molar-refractivity contribution in [3.63, 3.8) is 0 Å². The number of hydrogen-bond donors (Lipinski definition) is 1. The van der Waals surface area contributed by atoms with Gasteiger partial charge in [0.05, 0.1) is 12.2 Å². The van der Waals surface area contributed by atoms with Crippen LogP contribution in [0.2, 0.25) is 0 Å². The Morgan fingerprint density at radius 3 is 2.28 bits per heavy atom. The molecule has 36 heavy (non-hydrogen) atoms. The Morgan fingerprint density at radius 1 is 1.03 bits per heavy atom. The molecule has 1 saturated carbocycles. The van der Waals surface area contributed by atoms with E-state index in [2.05, 4.69) is 0 Å². The van der Waals surface area contributed by atoms with Gasteiger partial charge in [-0.15, -0.1) is 0 Å². The number of carbonyl (C=O) groups excluding carboxylic acids is 1. The summed E-state index contributed by atoms with van der Waals surface area (Å²) in [5.41, 5.74) is -2.16. The quantitative estimate of drug-likeness (QED) is 0.257. The highest BCUT2D eigenvalue weighted by atomic mass is 19.2. The van der Waals surface area contributed by atoms with Crippen LogP contribution in [0.1, 0.15) is 87.1 Å². The molecule has 1 unspecified atom stereocenters. The number of carbonyl (C=O) groups is 2. The molecule has 8 heteroatoms. The first-order valence-corrected chi connectivity index (χ1v) is 12.6. The number of esters is 1. The summed E-state index contributed by atoms with van der Waals surface area (Å²) in [5.74, 6) is -6.14. The van der Waals surface area contributed by atoms with Gasteiger partial charge >= 0.3 is 11.9 Å². The van der Waals surface area contributed by atoms with Crippen LogP contribution in [0.3, 0.4) is 0 Å². The number of carboxylic acid groups (broad SMARTS) is 1. The molecule has 1 N–H and O–H groups in total. The van der Waals surface area contributed by atoms with Gasteiger partial charge in [0, 0.05) is 5.92 Å². The summed E-state index contributed by atoms with van der Waals surface area (Å²) in [4.78, 5) is 24.4. The van der Waals surface area contributed by atoms with Crippen LogP contribution >= 0.6 is 0 Å². The SMILES string of the molecule is CCCOc1ccc(C(=O)Oc2ccc(C(CC)C[C@@](F)(C(=O)O)C3CCCCC3)cc2)c(F)c1F. The zero-order chi connectivity index (χ0) is 26.3. The minimum absolute atomic E-state index is 0.0988. The highest BCUT2D eigenvalue weighted by Gasteiger charge is 2.48. The molecule has 0 spiro atoms. The van der Waals surface area contributed by atoms with Crippen LogP contribution in [0.5, 0.6) is 11.5 Å². The van der Waals surface area contributed by atoms with Crippen LogP contribution in [0.25, 0.3) is 0 Å². The summed E-state index contributed by atoms with van der Waals surface area (Å²) in [6.45, 7) is 3.90. The molecule has 0 saturated heterocycles. The van der Waals surface area contributed by atoms with Gasteiger partial charge in [-0.25, -0.2) is 18.4 Å². The van der Waals surface area contributed by atoms with E-state index in [0.29, 0.717) is 31.2 Å². The number of ether oxygens (including phenoxy) is 2. The zero-order valence-corrected chi connectivity index (χ0v) is 20.7. The second-order valence-electron chi connectivity index (χ2n) is 9.36. The van der Waals surface area contributed by atoms with E-state index in [9.17, 15) is 23.5 Å². The van der Waals surface area contributed by atoms with Crippen LogP contribution in [-0.2, 0) is 4.79 Å². The predicted octanol–water partition coefficient (Wildman–Crippen LogP) is 7.23. The minimum atomic E-state index is -2.30. The summed E-state index contributed by atoms with van der Waals surface area (Å²) in [7, 11) is 0. The molecule has 0 amide bonds. The highest BCUT2D eigenvalue weighted by Crippen LogP contribution is 2.42. The number of rotatable bonds is 11. The lowest BCUT2D eigenvalue weighted by Gasteiger charge is -2.35. The molecule has 2 aromatic carbocycles. The van der Waals surface area contributed by atoms with Gasteiger partial charge in [-0.2, -0.15) is 4.39 Å². The van der Waals surface area contributed by atoms with Crippen molar-refractivity contribution >= 4 is 11.9 Å². The molecular weight excluding hydrogens is 473 g/mol. The van der Waals surface area contributed by atoms with E-state index < -0.39 is 40.7 Å². The van der Waals surface area contributed by atoms with Gasteiger partial charge in [0.2, 0.25) is 11.5 Å². The normalized spacial score (nSPS) is 16.7. The minimum Gasteiger partial charge on any atom is -0.490 e. The van der Waals surface area contributed by atoms with Crippen LogP contribution < -0.4 is 9.47 Å². The first-order valence-electron chi connectivity index (χ1n) is 12.6. The average Bonchev–Trinajstić information content (AvgIpc) is 2.89. The van der Waals surface area contributed by atoms with E-state index in [-0.39, 0.29) is 30.4 Å². The monoisotopic (exact) mass is 506 g/mol. The van der Waals surface area contributed by atoms with E-state index in [0.717, 1.165) is 25.3 Å². The Labute approximate surface area is 209 Å². The maximum absolute atomic E-state index is 15.8. The fraction of sp³-hybridized carbons (Fsp3) is 0.500. The van der Waals surface area contributed by atoms with Gasteiger partial charge in [-0.3, -0.25) is 0 Å². The summed E-state index contributed by atoms with van der Waals surface area (Å²) in [5, 5.41) is 9.73. The summed E-state index contributed by atoms with van der Waals surface area (Å²) < 4.78 is 54.7. The molecule has 5 nitrogen and oxygen atoms in total. The number of hydrogen-bond acceptors (Lipinski definition) is 4. The van der Waals surface area contributed by atoms with Crippen molar-refractivity contribution in [1.29, 1.82) is 0 Å². The summed E-state index contributed by atoms with van der Waals surface area (Å²) in [6, 6.07) is 8.51. The molecule has 0 heterocycles. The third-order valence-corrected chi connectivity index (χ3v) is 6.93. The van der Waals surface area contributed by atoms with E-state index in [1.165, 1.54) is 18.2 Å². The van der Waals surface area contributed by atoms with Crippen molar-refractivity contribution < 1.29 is 37.3 Å². The van der Waals surface area contributed by atoms with Crippen LogP contribution in [0.15, 0.2) is 36.4 Å². The lowest BCUT2D eigenvalue weighted by molar-refractivity contribution is -0.157. The number of halogens is 3. The van der Waals surface area contributed by atoms with Crippen molar-refractivity contribution in [1.82, 2.24) is 0 Å². The number of alkyl halides is 1. The lowest BCUT2D eigenvalue weighted by Crippen LogP contribution is -2.43. The number of benzene rings is 2. The predicted molar refractivity (Wildman–Crippen MR) is 129 cm³/mol. The largest absolute Gasteiger partial charge is 0.490 e. The molecular formula is C28H33F3O5. The molecule has 0 bridgehead atoms. The molecule has 0 aromatic heterocycles. The molecule has 2 aromatic rings. The molecule has 196 valence electrons. The average molecular weight is 507 g/mol. The first-order chi connectivity index (χ1) is 17.2. The Balaban J connectivity index is 1.71. The van der Waals surface area contributed by atoms with Crippen LogP contribution in [0, 0.1) is 17.6 Å². The third kappa shape index (κ3) is 6.20. The third-order valence-electron chi connectivity index (χ3n) is 6.93. The Morgan fingerprint density at radius 2 is 1.69 bits per heavy atom. The number of aliphatic carboxylic acids is 1. The maximum Gasteiger partial charge on any atom is 0.346 e. The maximum atomic E-state index is 15.8. The molecule has 1 aliphatic rings. The molecule has 2 atom stereocenters. The van der Waals surface area contributed by atoms with Gasteiger partial charge in [0.1, 0.15) is 5.75 Å². The summed E-state index contributed by atoms with van der Waals surface area (Å²) >= 11 is 0. The fourth-order valence-corrected chi connectivity index (χ4v) is 4.83. The molecule has 1 aliphatic carbocycles. The van der Waals surface area contributed by atoms with E-state index in [1.54, 1.807) is 12.1 Å². The highest BCUT2D eigenvalue weighted by molar-refractivity contribution is 5.91. The van der Waals surface area contributed by atoms with Crippen molar-refractivity contribution in [3.8, 4) is 11.5 Å². The van der Waals surface area contributed by atoms with Crippen LogP contribution in [-0.4, -0.2) is 29.3 Å². The van der Waals surface area contributed by atoms with Crippen LogP contribution in [0.4, 0.5) is 13.2 Å². The van der Waals surface area contributed by atoms with Crippen molar-refractivity contribution in [2.24, 2.45) is 5.92 Å². The van der Waals surface area contributed by atoms with E-state index in [1.807, 2.05) is 13.8 Å². The van der Waals surface area contributed by atoms with E-state index in [4.69, 9.17) is 9.47 Å². The Bertz CT molecular complexity index is 1050. The molecule has 0 aliphatic heterocycles. The van der Waals surface area contributed by atoms with Gasteiger partial charge in [-0.1, -0.05) is 45.2 Å². The smallest absolute Gasteiger partial charge is 0.346 e. The van der Waals surface area contributed by atoms with Crippen molar-refractivity contribution in [3.05, 3.63) is 59.2 Å². The lowest BCUT2D eigenvalue weighted by atomic mass is 9.72. The second kappa shape index (κ2) is 12.3. The van der Waals surface area contributed by atoms with Gasteiger partial charge in [-0.05, 0) is 67.9 Å².